The predicted octanol–water partition coefficient (Wildman–Crippen LogP) is 4.33. The summed E-state index contributed by atoms with van der Waals surface area (Å²) in [6.45, 7) is 6.06. The molecule has 0 unspecified atom stereocenters. The van der Waals surface area contributed by atoms with Crippen molar-refractivity contribution in [1.82, 2.24) is 9.55 Å². The highest BCUT2D eigenvalue weighted by atomic mass is 32.1. The van der Waals surface area contributed by atoms with E-state index < -0.39 is 0 Å². The molecule has 0 saturated carbocycles. The Bertz CT molecular complexity index is 1210. The van der Waals surface area contributed by atoms with Gasteiger partial charge in [-0.1, -0.05) is 32.0 Å². The summed E-state index contributed by atoms with van der Waals surface area (Å²) >= 11 is 1.38. The number of nitrogens with one attached hydrogen (secondary N) is 1. The minimum absolute atomic E-state index is 0.139. The van der Waals surface area contributed by atoms with E-state index in [-0.39, 0.29) is 22.3 Å². The maximum absolute atomic E-state index is 13.3. The molecular weight excluding hydrogens is 332 g/mol. The van der Waals surface area contributed by atoms with Crippen LogP contribution in [0, 0.1) is 6.92 Å². The Balaban J connectivity index is 2.23. The molecule has 25 heavy (non-hydrogen) atoms. The number of aryl methyl sites for hydroxylation is 1. The number of rotatable bonds is 2. The number of aromatic amines is 1. The highest BCUT2D eigenvalue weighted by molar-refractivity contribution is 7.17. The van der Waals surface area contributed by atoms with Crippen LogP contribution < -0.4 is 11.0 Å². The van der Waals surface area contributed by atoms with Gasteiger partial charge in [0.15, 0.2) is 0 Å². The lowest BCUT2D eigenvalue weighted by Crippen LogP contribution is -2.27. The molecule has 0 spiro atoms. The topological polar surface area (TPSA) is 54.9 Å². The molecule has 4 nitrogen and oxygen atoms in total. The Hall–Kier alpha value is -2.66. The number of thiophene rings is 1. The average Bonchev–Trinajstić information content (AvgIpc) is 2.96. The summed E-state index contributed by atoms with van der Waals surface area (Å²) in [5.41, 5.74) is 3.67. The Morgan fingerprint density at radius 1 is 1.12 bits per heavy atom. The van der Waals surface area contributed by atoms with Crippen molar-refractivity contribution in [2.24, 2.45) is 0 Å². The summed E-state index contributed by atoms with van der Waals surface area (Å²) in [7, 11) is 0. The fraction of sp³-hybridized carbons (Fsp3) is 0.200. The van der Waals surface area contributed by atoms with Crippen molar-refractivity contribution in [2.75, 3.05) is 0 Å². The van der Waals surface area contributed by atoms with Crippen LogP contribution in [0.1, 0.15) is 31.0 Å². The number of aromatic nitrogens is 2. The van der Waals surface area contributed by atoms with Crippen LogP contribution in [0.25, 0.3) is 26.8 Å². The molecule has 0 bridgehead atoms. The standard InChI is InChI=1S/C20H18N2O2S/c1-11(2)15-9-14-16(18(23)19-17(21-14)12(3)10-25-19)20(24)22(15)13-7-5-4-6-8-13/h4-11H,1-3H3,(H,21,23). The van der Waals surface area contributed by atoms with Crippen LogP contribution in [0.3, 0.4) is 0 Å². The molecule has 126 valence electrons. The van der Waals surface area contributed by atoms with Crippen molar-refractivity contribution in [3.05, 3.63) is 73.6 Å². The Kier molecular flexibility index (Phi) is 3.62. The molecule has 5 heteroatoms. The number of nitrogens with zero attached hydrogens (tertiary/aromatic N) is 1. The zero-order valence-corrected chi connectivity index (χ0v) is 15.1. The first-order valence-corrected chi connectivity index (χ1v) is 9.12. The van der Waals surface area contributed by atoms with E-state index in [1.807, 2.05) is 62.5 Å². The molecule has 0 atom stereocenters. The van der Waals surface area contributed by atoms with E-state index >= 15 is 0 Å². The molecular formula is C20H18N2O2S. The SMILES string of the molecule is Cc1csc2c(=O)c3c(=O)n(-c4ccccc4)c(C(C)C)cc3[nH]c12. The number of benzene rings is 1. The summed E-state index contributed by atoms with van der Waals surface area (Å²) in [4.78, 5) is 29.5. The van der Waals surface area contributed by atoms with Gasteiger partial charge in [-0.15, -0.1) is 11.3 Å². The molecule has 1 aromatic carbocycles. The van der Waals surface area contributed by atoms with Crippen molar-refractivity contribution in [2.45, 2.75) is 26.7 Å². The monoisotopic (exact) mass is 350 g/mol. The van der Waals surface area contributed by atoms with Crippen molar-refractivity contribution in [1.29, 1.82) is 0 Å². The minimum atomic E-state index is -0.262. The molecule has 3 heterocycles. The summed E-state index contributed by atoms with van der Waals surface area (Å²) in [5.74, 6) is 0.139. The van der Waals surface area contributed by atoms with Gasteiger partial charge in [-0.05, 0) is 42.0 Å². The van der Waals surface area contributed by atoms with E-state index in [4.69, 9.17) is 0 Å². The van der Waals surface area contributed by atoms with Gasteiger partial charge in [0.05, 0.1) is 15.7 Å². The Morgan fingerprint density at radius 2 is 1.84 bits per heavy atom. The predicted molar refractivity (Wildman–Crippen MR) is 104 cm³/mol. The minimum Gasteiger partial charge on any atom is -0.353 e. The molecule has 0 aliphatic heterocycles. The highest BCUT2D eigenvalue weighted by Gasteiger charge is 2.18. The van der Waals surface area contributed by atoms with Gasteiger partial charge < -0.3 is 4.98 Å². The number of pyridine rings is 2. The second kappa shape index (κ2) is 5.70. The van der Waals surface area contributed by atoms with Gasteiger partial charge >= 0.3 is 0 Å². The van der Waals surface area contributed by atoms with Gasteiger partial charge in [0, 0.05) is 11.4 Å². The smallest absolute Gasteiger partial charge is 0.268 e. The van der Waals surface area contributed by atoms with Crippen molar-refractivity contribution < 1.29 is 0 Å². The Morgan fingerprint density at radius 3 is 2.52 bits per heavy atom. The van der Waals surface area contributed by atoms with Crippen LogP contribution in [0.15, 0.2) is 51.4 Å². The zero-order chi connectivity index (χ0) is 17.7. The van der Waals surface area contributed by atoms with Crippen LogP contribution in [0.2, 0.25) is 0 Å². The van der Waals surface area contributed by atoms with Gasteiger partial charge in [-0.25, -0.2) is 0 Å². The first-order chi connectivity index (χ1) is 12.0. The fourth-order valence-corrected chi connectivity index (χ4v) is 4.18. The van der Waals surface area contributed by atoms with Crippen LogP contribution in [-0.4, -0.2) is 9.55 Å². The first-order valence-electron chi connectivity index (χ1n) is 8.24. The molecule has 0 aliphatic rings. The summed E-state index contributed by atoms with van der Waals surface area (Å²) in [6.07, 6.45) is 0. The van der Waals surface area contributed by atoms with Gasteiger partial charge in [0.2, 0.25) is 5.43 Å². The van der Waals surface area contributed by atoms with Gasteiger partial charge in [0.25, 0.3) is 5.56 Å². The highest BCUT2D eigenvalue weighted by Crippen LogP contribution is 2.25. The lowest BCUT2D eigenvalue weighted by Gasteiger charge is -2.17. The molecule has 0 amide bonds. The van der Waals surface area contributed by atoms with E-state index in [0.29, 0.717) is 10.2 Å². The molecule has 4 rings (SSSR count). The molecule has 1 N–H and O–H groups in total. The van der Waals surface area contributed by atoms with Gasteiger partial charge in [-0.3, -0.25) is 14.2 Å². The van der Waals surface area contributed by atoms with Crippen LogP contribution in [-0.2, 0) is 0 Å². The number of para-hydroxylation sites is 1. The quantitative estimate of drug-likeness (QED) is 0.585. The molecule has 0 radical (unpaired) electrons. The molecule has 0 fully saturated rings. The van der Waals surface area contributed by atoms with Crippen LogP contribution in [0.5, 0.6) is 0 Å². The van der Waals surface area contributed by atoms with Crippen molar-refractivity contribution >= 4 is 32.5 Å². The third-order valence-electron chi connectivity index (χ3n) is 4.51. The lowest BCUT2D eigenvalue weighted by molar-refractivity contribution is 0.764. The van der Waals surface area contributed by atoms with Crippen LogP contribution in [0.4, 0.5) is 0 Å². The van der Waals surface area contributed by atoms with E-state index in [0.717, 1.165) is 22.5 Å². The molecule has 0 aliphatic carbocycles. The number of H-pyrrole nitrogens is 1. The van der Waals surface area contributed by atoms with E-state index in [9.17, 15) is 9.59 Å². The Labute approximate surface area is 148 Å². The largest absolute Gasteiger partial charge is 0.353 e. The zero-order valence-electron chi connectivity index (χ0n) is 14.3. The number of hydrogen-bond donors (Lipinski definition) is 1. The summed E-state index contributed by atoms with van der Waals surface area (Å²) in [5, 5.41) is 2.17. The fourth-order valence-electron chi connectivity index (χ4n) is 3.23. The van der Waals surface area contributed by atoms with E-state index in [1.54, 1.807) is 4.57 Å². The second-order valence-corrected chi connectivity index (χ2v) is 7.45. The number of fused-ring (bicyclic) bond motifs is 2. The third kappa shape index (κ3) is 2.35. The first kappa shape index (κ1) is 15.8. The van der Waals surface area contributed by atoms with Gasteiger partial charge in [0.1, 0.15) is 5.39 Å². The van der Waals surface area contributed by atoms with E-state index in [1.165, 1.54) is 11.3 Å². The van der Waals surface area contributed by atoms with E-state index in [2.05, 4.69) is 4.98 Å². The summed E-state index contributed by atoms with van der Waals surface area (Å²) < 4.78 is 2.27. The second-order valence-electron chi connectivity index (χ2n) is 6.57. The third-order valence-corrected chi connectivity index (χ3v) is 5.61. The van der Waals surface area contributed by atoms with Gasteiger partial charge in [-0.2, -0.15) is 0 Å². The lowest BCUT2D eigenvalue weighted by atomic mass is 10.1. The molecule has 0 saturated heterocycles. The number of hydrogen-bond acceptors (Lipinski definition) is 3. The maximum Gasteiger partial charge on any atom is 0.268 e. The van der Waals surface area contributed by atoms with Crippen molar-refractivity contribution in [3.63, 3.8) is 0 Å². The molecule has 3 aromatic heterocycles. The average molecular weight is 350 g/mol. The summed E-state index contributed by atoms with van der Waals surface area (Å²) in [6, 6.07) is 11.4. The van der Waals surface area contributed by atoms with Crippen molar-refractivity contribution in [3.8, 4) is 5.69 Å². The maximum atomic E-state index is 13.3. The molecule has 4 aromatic rings. The normalized spacial score (nSPS) is 11.7. The van der Waals surface area contributed by atoms with Crippen LogP contribution >= 0.6 is 11.3 Å².